The summed E-state index contributed by atoms with van der Waals surface area (Å²) in [6, 6.07) is 1.67. The summed E-state index contributed by atoms with van der Waals surface area (Å²) < 4.78 is 5.08. The van der Waals surface area contributed by atoms with E-state index in [1.54, 1.807) is 12.3 Å². The van der Waals surface area contributed by atoms with Crippen LogP contribution in [0.5, 0.6) is 5.75 Å². The van der Waals surface area contributed by atoms with Gasteiger partial charge < -0.3 is 10.5 Å². The van der Waals surface area contributed by atoms with E-state index < -0.39 is 0 Å². The molecule has 0 unspecified atom stereocenters. The zero-order chi connectivity index (χ0) is 8.10. The van der Waals surface area contributed by atoms with E-state index in [2.05, 4.69) is 10.9 Å². The van der Waals surface area contributed by atoms with Crippen LogP contribution in [0.25, 0.3) is 0 Å². The number of anilines is 1. The number of terminal acetylenes is 1. The van der Waals surface area contributed by atoms with Gasteiger partial charge in [0.15, 0.2) is 0 Å². The van der Waals surface area contributed by atoms with Gasteiger partial charge in [-0.1, -0.05) is 5.92 Å². The van der Waals surface area contributed by atoms with E-state index in [9.17, 15) is 0 Å². The second-order valence-electron chi connectivity index (χ2n) is 1.91. The first-order valence-electron chi connectivity index (χ1n) is 3.10. The minimum absolute atomic E-state index is 0.230. The van der Waals surface area contributed by atoms with Crippen molar-refractivity contribution in [3.63, 3.8) is 0 Å². The molecule has 0 amide bonds. The standard InChI is InChI=1S/C8H8N2O/c1-2-5-11-8-3-4-10-6-7(8)9/h1,3-4,6H,5,9H2. The number of ether oxygens (including phenoxy) is 1. The normalized spacial score (nSPS) is 8.64. The highest BCUT2D eigenvalue weighted by Crippen LogP contribution is 2.17. The van der Waals surface area contributed by atoms with Crippen LogP contribution in [-0.2, 0) is 0 Å². The Morgan fingerprint density at radius 1 is 1.73 bits per heavy atom. The van der Waals surface area contributed by atoms with Gasteiger partial charge in [-0.3, -0.25) is 4.98 Å². The molecular formula is C8H8N2O. The molecule has 56 valence electrons. The average Bonchev–Trinajstić information content (AvgIpc) is 2.03. The molecule has 0 radical (unpaired) electrons. The molecule has 3 nitrogen and oxygen atoms in total. The largest absolute Gasteiger partial charge is 0.479 e. The number of pyridine rings is 1. The molecule has 0 saturated carbocycles. The minimum atomic E-state index is 0.230. The fourth-order valence-corrected chi connectivity index (χ4v) is 0.645. The van der Waals surface area contributed by atoms with E-state index in [4.69, 9.17) is 16.9 Å². The lowest BCUT2D eigenvalue weighted by Gasteiger charge is -2.03. The van der Waals surface area contributed by atoms with Crippen molar-refractivity contribution in [3.8, 4) is 18.1 Å². The molecule has 1 rings (SSSR count). The maximum absolute atomic E-state index is 5.51. The molecule has 11 heavy (non-hydrogen) atoms. The van der Waals surface area contributed by atoms with Crippen LogP contribution in [0, 0.1) is 12.3 Å². The van der Waals surface area contributed by atoms with Crippen LogP contribution < -0.4 is 10.5 Å². The Balaban J connectivity index is 2.71. The van der Waals surface area contributed by atoms with Crippen molar-refractivity contribution >= 4 is 5.69 Å². The SMILES string of the molecule is C#CCOc1ccncc1N. The molecule has 2 N–H and O–H groups in total. The number of rotatable bonds is 2. The summed E-state index contributed by atoms with van der Waals surface area (Å²) in [7, 11) is 0. The highest BCUT2D eigenvalue weighted by molar-refractivity contribution is 5.49. The number of hydrogen-bond donors (Lipinski definition) is 1. The lowest BCUT2D eigenvalue weighted by Crippen LogP contribution is -1.97. The first-order chi connectivity index (χ1) is 5.34. The fourth-order valence-electron chi connectivity index (χ4n) is 0.645. The van der Waals surface area contributed by atoms with E-state index >= 15 is 0 Å². The molecule has 0 bridgehead atoms. The van der Waals surface area contributed by atoms with Crippen LogP contribution in [0.15, 0.2) is 18.5 Å². The highest BCUT2D eigenvalue weighted by Gasteiger charge is 1.95. The summed E-state index contributed by atoms with van der Waals surface area (Å²) in [6.45, 7) is 0.230. The van der Waals surface area contributed by atoms with E-state index in [1.165, 1.54) is 6.20 Å². The summed E-state index contributed by atoms with van der Waals surface area (Å²) in [5, 5.41) is 0. The van der Waals surface area contributed by atoms with Crippen molar-refractivity contribution in [1.29, 1.82) is 0 Å². The molecule has 0 aromatic carbocycles. The predicted molar refractivity (Wildman–Crippen MR) is 43.0 cm³/mol. The van der Waals surface area contributed by atoms with Gasteiger partial charge >= 0.3 is 0 Å². The molecule has 0 saturated heterocycles. The number of nitrogen functional groups attached to an aromatic ring is 1. The monoisotopic (exact) mass is 148 g/mol. The Kier molecular flexibility index (Phi) is 2.34. The molecule has 0 aliphatic rings. The van der Waals surface area contributed by atoms with Gasteiger partial charge in [0.2, 0.25) is 0 Å². The van der Waals surface area contributed by atoms with Crippen molar-refractivity contribution in [2.24, 2.45) is 0 Å². The zero-order valence-corrected chi connectivity index (χ0v) is 5.95. The fraction of sp³-hybridized carbons (Fsp3) is 0.125. The highest BCUT2D eigenvalue weighted by atomic mass is 16.5. The lowest BCUT2D eigenvalue weighted by molar-refractivity contribution is 0.372. The molecule has 3 heteroatoms. The van der Waals surface area contributed by atoms with E-state index in [1.807, 2.05) is 0 Å². The Hall–Kier alpha value is -1.69. The zero-order valence-electron chi connectivity index (χ0n) is 5.95. The van der Waals surface area contributed by atoms with Gasteiger partial charge in [-0.25, -0.2) is 0 Å². The van der Waals surface area contributed by atoms with Crippen molar-refractivity contribution in [2.75, 3.05) is 12.3 Å². The predicted octanol–water partition coefficient (Wildman–Crippen LogP) is 0.676. The molecule has 0 fully saturated rings. The Morgan fingerprint density at radius 2 is 2.55 bits per heavy atom. The summed E-state index contributed by atoms with van der Waals surface area (Å²) in [5.74, 6) is 2.93. The number of hydrogen-bond acceptors (Lipinski definition) is 3. The molecule has 0 atom stereocenters. The van der Waals surface area contributed by atoms with Crippen LogP contribution in [-0.4, -0.2) is 11.6 Å². The molecule has 1 aromatic heterocycles. The minimum Gasteiger partial charge on any atom is -0.479 e. The van der Waals surface area contributed by atoms with E-state index in [-0.39, 0.29) is 6.61 Å². The first kappa shape index (κ1) is 7.42. The van der Waals surface area contributed by atoms with Crippen LogP contribution in [0.2, 0.25) is 0 Å². The maximum Gasteiger partial charge on any atom is 0.148 e. The van der Waals surface area contributed by atoms with Crippen LogP contribution in [0.1, 0.15) is 0 Å². The van der Waals surface area contributed by atoms with Gasteiger partial charge in [0.05, 0.1) is 11.9 Å². The lowest BCUT2D eigenvalue weighted by atomic mass is 10.4. The number of nitrogens with zero attached hydrogens (tertiary/aromatic N) is 1. The molecule has 0 aliphatic heterocycles. The number of aromatic nitrogens is 1. The average molecular weight is 148 g/mol. The van der Waals surface area contributed by atoms with E-state index in [0.717, 1.165) is 0 Å². The first-order valence-corrected chi connectivity index (χ1v) is 3.10. The van der Waals surface area contributed by atoms with Crippen molar-refractivity contribution in [1.82, 2.24) is 4.98 Å². The van der Waals surface area contributed by atoms with Gasteiger partial charge in [0, 0.05) is 12.3 Å². The molecule has 1 heterocycles. The van der Waals surface area contributed by atoms with Crippen LogP contribution in [0.4, 0.5) is 5.69 Å². The Labute approximate surface area is 65.2 Å². The van der Waals surface area contributed by atoms with Crippen molar-refractivity contribution in [3.05, 3.63) is 18.5 Å². The summed E-state index contributed by atoms with van der Waals surface area (Å²) >= 11 is 0. The third kappa shape index (κ3) is 1.87. The Morgan fingerprint density at radius 3 is 3.18 bits per heavy atom. The third-order valence-electron chi connectivity index (χ3n) is 1.12. The summed E-state index contributed by atoms with van der Waals surface area (Å²) in [5.41, 5.74) is 6.01. The number of nitrogens with two attached hydrogens (primary N) is 1. The topological polar surface area (TPSA) is 48.1 Å². The van der Waals surface area contributed by atoms with Gasteiger partial charge in [-0.15, -0.1) is 6.42 Å². The molecule has 1 aromatic rings. The van der Waals surface area contributed by atoms with Gasteiger partial charge in [0.25, 0.3) is 0 Å². The summed E-state index contributed by atoms with van der Waals surface area (Å²) in [6.07, 6.45) is 8.11. The molecule has 0 aliphatic carbocycles. The van der Waals surface area contributed by atoms with Crippen LogP contribution >= 0.6 is 0 Å². The van der Waals surface area contributed by atoms with Crippen molar-refractivity contribution in [2.45, 2.75) is 0 Å². The van der Waals surface area contributed by atoms with Crippen molar-refractivity contribution < 1.29 is 4.74 Å². The Bertz CT molecular complexity index is 278. The van der Waals surface area contributed by atoms with Gasteiger partial charge in [0.1, 0.15) is 12.4 Å². The third-order valence-corrected chi connectivity index (χ3v) is 1.12. The maximum atomic E-state index is 5.51. The second-order valence-corrected chi connectivity index (χ2v) is 1.91. The quantitative estimate of drug-likeness (QED) is 0.627. The van der Waals surface area contributed by atoms with Gasteiger partial charge in [-0.05, 0) is 0 Å². The smallest absolute Gasteiger partial charge is 0.148 e. The molecular weight excluding hydrogens is 140 g/mol. The summed E-state index contributed by atoms with van der Waals surface area (Å²) in [4.78, 5) is 3.80. The van der Waals surface area contributed by atoms with Gasteiger partial charge in [-0.2, -0.15) is 0 Å². The van der Waals surface area contributed by atoms with E-state index in [0.29, 0.717) is 11.4 Å². The van der Waals surface area contributed by atoms with Crippen LogP contribution in [0.3, 0.4) is 0 Å². The second kappa shape index (κ2) is 3.47. The molecule has 0 spiro atoms.